The minimum Gasteiger partial charge on any atom is -0.756 e. The van der Waals surface area contributed by atoms with Crippen molar-refractivity contribution in [2.24, 2.45) is 0 Å². The molecule has 0 aromatic rings. The highest BCUT2D eigenvalue weighted by molar-refractivity contribution is 7.45. The minimum absolute atomic E-state index is 0.00673. The maximum atomic E-state index is 12.9. The van der Waals surface area contributed by atoms with Gasteiger partial charge in [0.1, 0.15) is 13.2 Å². The predicted molar refractivity (Wildman–Crippen MR) is 275 cm³/mol. The van der Waals surface area contributed by atoms with Crippen LogP contribution >= 0.6 is 7.82 Å². The Hall–Kier alpha value is -1.28. The van der Waals surface area contributed by atoms with Gasteiger partial charge in [-0.15, -0.1) is 0 Å². The van der Waals surface area contributed by atoms with Gasteiger partial charge in [0.05, 0.1) is 39.9 Å². The van der Waals surface area contributed by atoms with E-state index >= 15 is 0 Å². The molecule has 9 heteroatoms. The van der Waals surface area contributed by atoms with Gasteiger partial charge in [-0.2, -0.15) is 0 Å². The summed E-state index contributed by atoms with van der Waals surface area (Å²) in [6.07, 6.45) is 59.3. The summed E-state index contributed by atoms with van der Waals surface area (Å²) in [6.45, 7) is 4.65. The van der Waals surface area contributed by atoms with E-state index in [4.69, 9.17) is 9.05 Å². The molecule has 0 bridgehead atoms. The van der Waals surface area contributed by atoms with Crippen molar-refractivity contribution in [2.45, 2.75) is 270 Å². The van der Waals surface area contributed by atoms with Crippen LogP contribution in [0.2, 0.25) is 0 Å². The van der Waals surface area contributed by atoms with Crippen LogP contribution in [0.15, 0.2) is 36.5 Å². The Kier molecular flexibility index (Phi) is 45.9. The fourth-order valence-electron chi connectivity index (χ4n) is 7.99. The van der Waals surface area contributed by atoms with E-state index in [0.717, 1.165) is 38.5 Å². The van der Waals surface area contributed by atoms with E-state index in [2.05, 4.69) is 43.5 Å². The van der Waals surface area contributed by atoms with Crippen molar-refractivity contribution in [3.05, 3.63) is 36.5 Å². The molecule has 0 aromatic carbocycles. The zero-order valence-electron chi connectivity index (χ0n) is 43.0. The molecule has 0 aliphatic heterocycles. The molecular formula is C55H107N2O6P. The van der Waals surface area contributed by atoms with Crippen LogP contribution in [0.1, 0.15) is 258 Å². The molecule has 0 radical (unpaired) electrons. The number of nitrogens with zero attached hydrogens (tertiary/aromatic N) is 1. The molecule has 2 N–H and O–H groups in total. The number of allylic oxidation sites excluding steroid dienone is 5. The summed E-state index contributed by atoms with van der Waals surface area (Å²) in [5.41, 5.74) is 0. The van der Waals surface area contributed by atoms with Gasteiger partial charge in [-0.3, -0.25) is 9.36 Å². The van der Waals surface area contributed by atoms with Crippen LogP contribution in [0.4, 0.5) is 0 Å². The Morgan fingerprint density at radius 3 is 1.27 bits per heavy atom. The number of rotatable bonds is 50. The zero-order valence-corrected chi connectivity index (χ0v) is 43.9. The molecule has 0 spiro atoms. The average molecular weight is 923 g/mol. The van der Waals surface area contributed by atoms with Gasteiger partial charge in [0.25, 0.3) is 7.82 Å². The first kappa shape index (κ1) is 62.7. The third-order valence-electron chi connectivity index (χ3n) is 12.3. The summed E-state index contributed by atoms with van der Waals surface area (Å²) in [5.74, 6) is -0.210. The van der Waals surface area contributed by atoms with Gasteiger partial charge in [-0.25, -0.2) is 0 Å². The van der Waals surface area contributed by atoms with Crippen molar-refractivity contribution in [1.82, 2.24) is 5.32 Å². The number of phosphoric acid groups is 1. The van der Waals surface area contributed by atoms with Crippen LogP contribution in [-0.2, 0) is 18.4 Å². The average Bonchev–Trinajstić information content (AvgIpc) is 3.25. The molecule has 0 saturated heterocycles. The highest BCUT2D eigenvalue weighted by atomic mass is 31.2. The first-order valence-corrected chi connectivity index (χ1v) is 28.8. The molecule has 0 aliphatic carbocycles. The summed E-state index contributed by atoms with van der Waals surface area (Å²) in [6, 6.07) is -0.905. The number of aliphatic hydroxyl groups is 1. The fourth-order valence-corrected chi connectivity index (χ4v) is 8.71. The number of amides is 1. The quantitative estimate of drug-likeness (QED) is 0.0272. The Bertz CT molecular complexity index is 1140. The van der Waals surface area contributed by atoms with E-state index in [1.807, 2.05) is 27.2 Å². The lowest BCUT2D eigenvalue weighted by molar-refractivity contribution is -0.870. The third-order valence-corrected chi connectivity index (χ3v) is 13.3. The van der Waals surface area contributed by atoms with Crippen LogP contribution in [0, 0.1) is 0 Å². The zero-order chi connectivity index (χ0) is 47.1. The largest absolute Gasteiger partial charge is 0.756 e. The smallest absolute Gasteiger partial charge is 0.268 e. The van der Waals surface area contributed by atoms with Crippen molar-refractivity contribution in [1.29, 1.82) is 0 Å². The van der Waals surface area contributed by atoms with Crippen LogP contribution in [0.3, 0.4) is 0 Å². The summed E-state index contributed by atoms with van der Waals surface area (Å²) in [4.78, 5) is 25.4. The number of quaternary nitrogens is 1. The number of carbonyl (C=O) groups is 1. The highest BCUT2D eigenvalue weighted by Crippen LogP contribution is 2.38. The van der Waals surface area contributed by atoms with E-state index in [1.165, 1.54) is 199 Å². The molecule has 0 saturated carbocycles. The molecule has 3 unspecified atom stereocenters. The molecule has 0 aliphatic rings. The number of aliphatic hydroxyl groups excluding tert-OH is 1. The van der Waals surface area contributed by atoms with Gasteiger partial charge in [0.2, 0.25) is 5.91 Å². The Morgan fingerprint density at radius 1 is 0.531 bits per heavy atom. The van der Waals surface area contributed by atoms with Crippen molar-refractivity contribution in [3.63, 3.8) is 0 Å². The lowest BCUT2D eigenvalue weighted by Crippen LogP contribution is -2.45. The van der Waals surface area contributed by atoms with Crippen LogP contribution in [-0.4, -0.2) is 68.5 Å². The fraction of sp³-hybridized carbons (Fsp3) is 0.873. The summed E-state index contributed by atoms with van der Waals surface area (Å²) >= 11 is 0. The maximum Gasteiger partial charge on any atom is 0.268 e. The normalized spacial score (nSPS) is 14.3. The maximum absolute atomic E-state index is 12.9. The van der Waals surface area contributed by atoms with E-state index in [9.17, 15) is 19.4 Å². The highest BCUT2D eigenvalue weighted by Gasteiger charge is 2.23. The molecule has 0 aromatic heterocycles. The van der Waals surface area contributed by atoms with Crippen molar-refractivity contribution >= 4 is 13.7 Å². The second-order valence-corrected chi connectivity index (χ2v) is 21.3. The molecule has 0 fully saturated rings. The predicted octanol–water partition coefficient (Wildman–Crippen LogP) is 15.6. The van der Waals surface area contributed by atoms with E-state index in [-0.39, 0.29) is 12.5 Å². The number of nitrogens with one attached hydrogen (secondary N) is 1. The number of carbonyl (C=O) groups excluding carboxylic acids is 1. The number of likely N-dealkylation sites (N-methyl/N-ethyl adjacent to an activating group) is 1. The summed E-state index contributed by atoms with van der Waals surface area (Å²) in [7, 11) is 1.25. The Labute approximate surface area is 397 Å². The van der Waals surface area contributed by atoms with Crippen molar-refractivity contribution < 1.29 is 32.9 Å². The van der Waals surface area contributed by atoms with Gasteiger partial charge in [-0.1, -0.05) is 230 Å². The monoisotopic (exact) mass is 923 g/mol. The molecule has 64 heavy (non-hydrogen) atoms. The number of hydrogen-bond acceptors (Lipinski definition) is 6. The lowest BCUT2D eigenvalue weighted by Gasteiger charge is -2.29. The third kappa shape index (κ3) is 48.6. The molecule has 1 amide bonds. The van der Waals surface area contributed by atoms with Crippen molar-refractivity contribution in [3.8, 4) is 0 Å². The van der Waals surface area contributed by atoms with Gasteiger partial charge >= 0.3 is 0 Å². The number of phosphoric ester groups is 1. The number of hydrogen-bond donors (Lipinski definition) is 2. The molecule has 3 atom stereocenters. The van der Waals surface area contributed by atoms with Gasteiger partial charge in [-0.05, 0) is 57.8 Å². The van der Waals surface area contributed by atoms with Gasteiger partial charge < -0.3 is 28.8 Å². The molecular weight excluding hydrogens is 816 g/mol. The summed E-state index contributed by atoms with van der Waals surface area (Å²) < 4.78 is 23.3. The summed E-state index contributed by atoms with van der Waals surface area (Å²) in [5, 5.41) is 13.8. The van der Waals surface area contributed by atoms with Crippen LogP contribution < -0.4 is 10.2 Å². The number of unbranched alkanes of at least 4 members (excludes halogenated alkanes) is 33. The lowest BCUT2D eigenvalue weighted by atomic mass is 10.0. The van der Waals surface area contributed by atoms with Gasteiger partial charge in [0, 0.05) is 6.42 Å². The van der Waals surface area contributed by atoms with Gasteiger partial charge in [0.15, 0.2) is 0 Å². The standard InChI is InChI=1S/C55H107N2O6P/c1-6-8-10-12-14-16-18-20-22-24-26-27-28-29-30-31-32-34-36-38-40-42-44-46-48-54(58)53(52-63-64(60,61)62-51-50-57(3,4)5)56-55(59)49-47-45-43-41-39-37-35-33-25-23-21-19-17-15-13-11-9-7-2/h23,25,38,40,46,48,53-54,58H,6-22,24,26-37,39,41-45,47,49-52H2,1-5H3,(H-,56,59,60,61)/b25-23-,40-38+,48-46+. The van der Waals surface area contributed by atoms with E-state index < -0.39 is 26.6 Å². The molecule has 0 heterocycles. The molecule has 378 valence electrons. The molecule has 8 nitrogen and oxygen atoms in total. The van der Waals surface area contributed by atoms with Crippen LogP contribution in [0.25, 0.3) is 0 Å². The Balaban J connectivity index is 4.30. The van der Waals surface area contributed by atoms with E-state index in [1.54, 1.807) is 6.08 Å². The van der Waals surface area contributed by atoms with Crippen LogP contribution in [0.5, 0.6) is 0 Å². The molecule has 0 rings (SSSR count). The minimum atomic E-state index is -4.60. The second-order valence-electron chi connectivity index (χ2n) is 19.9. The van der Waals surface area contributed by atoms with Crippen molar-refractivity contribution in [2.75, 3.05) is 40.9 Å². The van der Waals surface area contributed by atoms with E-state index in [0.29, 0.717) is 17.4 Å². The SMILES string of the molecule is CCCCCCCCC/C=C\CCCCCCCCCC(=O)NC(COP(=O)([O-])OCC[N+](C)(C)C)C(O)/C=C/CC/C=C/CCCCCCCCCCCCCCCCCCCC. The Morgan fingerprint density at radius 2 is 0.875 bits per heavy atom. The topological polar surface area (TPSA) is 108 Å². The first-order valence-electron chi connectivity index (χ1n) is 27.4. The second kappa shape index (κ2) is 46.8. The first-order chi connectivity index (χ1) is 31.0.